The number of amides is 1. The minimum atomic E-state index is -1.30. The number of methoxy groups -OCH3 is 1. The summed E-state index contributed by atoms with van der Waals surface area (Å²) in [4.78, 5) is 33.2. The lowest BCUT2D eigenvalue weighted by molar-refractivity contribution is -0.385. The van der Waals surface area contributed by atoms with Crippen molar-refractivity contribution in [3.63, 3.8) is 0 Å². The highest BCUT2D eigenvalue weighted by atomic mass is 35.5. The monoisotopic (exact) mass is 302 g/mol. The topological polar surface area (TPSA) is 119 Å². The first-order valence-electron chi connectivity index (χ1n) is 5.34. The van der Waals surface area contributed by atoms with Crippen LogP contribution in [0.15, 0.2) is 18.2 Å². The third-order valence-electron chi connectivity index (χ3n) is 2.37. The van der Waals surface area contributed by atoms with Gasteiger partial charge in [0, 0.05) is 11.1 Å². The number of aliphatic hydroxyl groups excluding tert-OH is 1. The number of esters is 1. The van der Waals surface area contributed by atoms with E-state index < -0.39 is 35.1 Å². The molecule has 0 saturated heterocycles. The second kappa shape index (κ2) is 6.83. The van der Waals surface area contributed by atoms with E-state index in [1.54, 1.807) is 0 Å². The van der Waals surface area contributed by atoms with Gasteiger partial charge in [0.05, 0.1) is 18.6 Å². The Labute approximate surface area is 118 Å². The lowest BCUT2D eigenvalue weighted by Gasteiger charge is -2.13. The molecule has 108 valence electrons. The summed E-state index contributed by atoms with van der Waals surface area (Å²) >= 11 is 5.62. The van der Waals surface area contributed by atoms with Crippen LogP contribution in [0, 0.1) is 10.1 Å². The zero-order valence-corrected chi connectivity index (χ0v) is 11.1. The molecule has 0 spiro atoms. The Balaban J connectivity index is 3.03. The molecule has 0 aromatic heterocycles. The van der Waals surface area contributed by atoms with Gasteiger partial charge in [-0.15, -0.1) is 0 Å². The van der Waals surface area contributed by atoms with Crippen LogP contribution in [0.3, 0.4) is 0 Å². The Morgan fingerprint density at radius 2 is 2.20 bits per heavy atom. The molecule has 8 nitrogen and oxygen atoms in total. The number of nitrogens with one attached hydrogen (secondary N) is 1. The van der Waals surface area contributed by atoms with E-state index in [0.29, 0.717) is 0 Å². The zero-order valence-electron chi connectivity index (χ0n) is 10.3. The van der Waals surface area contributed by atoms with Gasteiger partial charge in [-0.3, -0.25) is 14.9 Å². The van der Waals surface area contributed by atoms with E-state index in [9.17, 15) is 19.7 Å². The van der Waals surface area contributed by atoms with Crippen LogP contribution in [0.5, 0.6) is 0 Å². The highest BCUT2D eigenvalue weighted by molar-refractivity contribution is 6.31. The van der Waals surface area contributed by atoms with Gasteiger partial charge in [0.25, 0.3) is 11.6 Å². The molecule has 0 bridgehead atoms. The third-order valence-corrected chi connectivity index (χ3v) is 2.61. The van der Waals surface area contributed by atoms with Crippen molar-refractivity contribution in [2.24, 2.45) is 0 Å². The zero-order chi connectivity index (χ0) is 15.3. The SMILES string of the molecule is COC(=O)C(CO)NC(=O)c1ccc(Cl)cc1[N+](=O)[O-]. The van der Waals surface area contributed by atoms with Crippen molar-refractivity contribution in [1.29, 1.82) is 0 Å². The van der Waals surface area contributed by atoms with E-state index in [2.05, 4.69) is 10.1 Å². The van der Waals surface area contributed by atoms with Crippen molar-refractivity contribution in [3.8, 4) is 0 Å². The summed E-state index contributed by atoms with van der Waals surface area (Å²) in [5.74, 6) is -1.75. The van der Waals surface area contributed by atoms with Crippen LogP contribution in [0.4, 0.5) is 5.69 Å². The van der Waals surface area contributed by atoms with Crippen LogP contribution < -0.4 is 5.32 Å². The first-order chi connectivity index (χ1) is 9.40. The summed E-state index contributed by atoms with van der Waals surface area (Å²) < 4.78 is 4.37. The highest BCUT2D eigenvalue weighted by Crippen LogP contribution is 2.23. The Hall–Kier alpha value is -2.19. The van der Waals surface area contributed by atoms with E-state index in [-0.39, 0.29) is 10.6 Å². The molecule has 0 aliphatic heterocycles. The van der Waals surface area contributed by atoms with Gasteiger partial charge in [0.2, 0.25) is 0 Å². The fourth-order valence-corrected chi connectivity index (χ4v) is 1.57. The molecule has 9 heteroatoms. The maximum absolute atomic E-state index is 11.9. The standard InChI is InChI=1S/C11H11ClN2O6/c1-20-11(17)8(5-15)13-10(16)7-3-2-6(12)4-9(7)14(18)19/h2-4,8,15H,5H2,1H3,(H,13,16). The summed E-state index contributed by atoms with van der Waals surface area (Å²) in [6.45, 7) is -0.695. The van der Waals surface area contributed by atoms with Crippen molar-refractivity contribution in [2.75, 3.05) is 13.7 Å². The van der Waals surface area contributed by atoms with Gasteiger partial charge >= 0.3 is 5.97 Å². The van der Waals surface area contributed by atoms with E-state index in [4.69, 9.17) is 16.7 Å². The lowest BCUT2D eigenvalue weighted by Crippen LogP contribution is -2.44. The molecule has 0 saturated carbocycles. The van der Waals surface area contributed by atoms with E-state index in [1.807, 2.05) is 0 Å². The number of benzene rings is 1. The average Bonchev–Trinajstić information content (AvgIpc) is 2.43. The van der Waals surface area contributed by atoms with Crippen LogP contribution in [-0.4, -0.2) is 41.7 Å². The quantitative estimate of drug-likeness (QED) is 0.465. The highest BCUT2D eigenvalue weighted by Gasteiger charge is 2.26. The number of carbonyl (C=O) groups is 2. The molecular weight excluding hydrogens is 292 g/mol. The third kappa shape index (κ3) is 3.65. The number of aliphatic hydroxyl groups is 1. The molecule has 1 rings (SSSR count). The number of hydrogen-bond donors (Lipinski definition) is 2. The van der Waals surface area contributed by atoms with Crippen LogP contribution in [0.25, 0.3) is 0 Å². The molecule has 0 heterocycles. The predicted octanol–water partition coefficient (Wildman–Crippen LogP) is 0.512. The fraction of sp³-hybridized carbons (Fsp3) is 0.273. The Bertz CT molecular complexity index is 548. The van der Waals surface area contributed by atoms with Gasteiger partial charge in [0.15, 0.2) is 6.04 Å². The number of rotatable bonds is 5. The first-order valence-corrected chi connectivity index (χ1v) is 5.72. The van der Waals surface area contributed by atoms with Gasteiger partial charge in [-0.25, -0.2) is 4.79 Å². The molecule has 1 aromatic carbocycles. The average molecular weight is 303 g/mol. The smallest absolute Gasteiger partial charge is 0.330 e. The predicted molar refractivity (Wildman–Crippen MR) is 68.5 cm³/mol. The van der Waals surface area contributed by atoms with Gasteiger partial charge < -0.3 is 15.2 Å². The number of nitro groups is 1. The van der Waals surface area contributed by atoms with Gasteiger partial charge in [-0.2, -0.15) is 0 Å². The van der Waals surface area contributed by atoms with E-state index >= 15 is 0 Å². The minimum Gasteiger partial charge on any atom is -0.467 e. The lowest BCUT2D eigenvalue weighted by atomic mass is 10.1. The molecule has 1 atom stereocenters. The summed E-state index contributed by atoms with van der Waals surface area (Å²) in [5, 5.41) is 22.1. The first kappa shape index (κ1) is 15.9. The van der Waals surface area contributed by atoms with Crippen LogP contribution in [0.2, 0.25) is 5.02 Å². The number of hydrogen-bond acceptors (Lipinski definition) is 6. The van der Waals surface area contributed by atoms with Crippen LogP contribution in [0.1, 0.15) is 10.4 Å². The van der Waals surface area contributed by atoms with Crippen LogP contribution in [-0.2, 0) is 9.53 Å². The number of nitro benzene ring substituents is 1. The maximum atomic E-state index is 11.9. The van der Waals surface area contributed by atoms with Crippen molar-refractivity contribution in [3.05, 3.63) is 38.9 Å². The molecule has 1 unspecified atom stereocenters. The van der Waals surface area contributed by atoms with Gasteiger partial charge in [0.1, 0.15) is 5.56 Å². The summed E-state index contributed by atoms with van der Waals surface area (Å²) in [6.07, 6.45) is 0. The minimum absolute atomic E-state index is 0.0972. The molecule has 0 aliphatic carbocycles. The van der Waals surface area contributed by atoms with Crippen molar-refractivity contribution in [1.82, 2.24) is 5.32 Å². The largest absolute Gasteiger partial charge is 0.467 e. The molecule has 20 heavy (non-hydrogen) atoms. The molecule has 1 aromatic rings. The summed E-state index contributed by atoms with van der Waals surface area (Å²) in [7, 11) is 1.09. The molecule has 0 aliphatic rings. The molecule has 2 N–H and O–H groups in total. The summed E-state index contributed by atoms with van der Waals surface area (Å²) in [6, 6.07) is 2.17. The van der Waals surface area contributed by atoms with Crippen molar-refractivity contribution < 1.29 is 24.4 Å². The second-order valence-corrected chi connectivity index (χ2v) is 4.09. The van der Waals surface area contributed by atoms with Crippen molar-refractivity contribution in [2.45, 2.75) is 6.04 Å². The van der Waals surface area contributed by atoms with Gasteiger partial charge in [-0.1, -0.05) is 11.6 Å². The van der Waals surface area contributed by atoms with Gasteiger partial charge in [-0.05, 0) is 12.1 Å². The molecular formula is C11H11ClN2O6. The fourth-order valence-electron chi connectivity index (χ4n) is 1.41. The maximum Gasteiger partial charge on any atom is 0.330 e. The molecule has 0 fully saturated rings. The normalized spacial score (nSPS) is 11.6. The Kier molecular flexibility index (Phi) is 5.42. The summed E-state index contributed by atoms with van der Waals surface area (Å²) in [5.41, 5.74) is -0.779. The molecule has 1 amide bonds. The number of nitrogens with zero attached hydrogens (tertiary/aromatic N) is 1. The Morgan fingerprint density at radius 1 is 1.55 bits per heavy atom. The second-order valence-electron chi connectivity index (χ2n) is 3.65. The Morgan fingerprint density at radius 3 is 2.70 bits per heavy atom. The number of carbonyl (C=O) groups excluding carboxylic acids is 2. The number of ether oxygens (including phenoxy) is 1. The molecule has 0 radical (unpaired) electrons. The van der Waals surface area contributed by atoms with E-state index in [0.717, 1.165) is 19.2 Å². The number of halogens is 1. The van der Waals surface area contributed by atoms with Crippen LogP contribution >= 0.6 is 11.6 Å². The van der Waals surface area contributed by atoms with Crippen molar-refractivity contribution >= 4 is 29.2 Å². The van der Waals surface area contributed by atoms with E-state index in [1.165, 1.54) is 6.07 Å².